The molecule has 0 radical (unpaired) electrons. The Morgan fingerprint density at radius 2 is 1.86 bits per heavy atom. The molecule has 4 rings (SSSR count). The summed E-state index contributed by atoms with van der Waals surface area (Å²) < 4.78 is 0. The van der Waals surface area contributed by atoms with Gasteiger partial charge in [-0.15, -0.1) is 0 Å². The van der Waals surface area contributed by atoms with Crippen LogP contribution in [-0.4, -0.2) is 56.8 Å². The molecule has 0 N–H and O–H groups in total. The first kappa shape index (κ1) is 19.0. The smallest absolute Gasteiger partial charge is 0.222 e. The van der Waals surface area contributed by atoms with Gasteiger partial charge in [0, 0.05) is 56.4 Å². The zero-order valence-electron chi connectivity index (χ0n) is 16.7. The zero-order valence-corrected chi connectivity index (χ0v) is 16.7. The number of amides is 1. The summed E-state index contributed by atoms with van der Waals surface area (Å²) in [6, 6.07) is 4.05. The lowest BCUT2D eigenvalue weighted by Gasteiger charge is -2.47. The maximum absolute atomic E-state index is 12.5. The van der Waals surface area contributed by atoms with Gasteiger partial charge < -0.3 is 4.90 Å². The quantitative estimate of drug-likeness (QED) is 0.799. The van der Waals surface area contributed by atoms with Crippen LogP contribution in [0.4, 0.5) is 0 Å². The van der Waals surface area contributed by atoms with Crippen molar-refractivity contribution in [1.29, 1.82) is 0 Å². The Labute approximate surface area is 167 Å². The number of carbonyl (C=O) groups is 1. The summed E-state index contributed by atoms with van der Waals surface area (Å²) in [5, 5.41) is 0. The van der Waals surface area contributed by atoms with Gasteiger partial charge in [0.05, 0.1) is 0 Å². The van der Waals surface area contributed by atoms with Crippen LogP contribution in [0.1, 0.15) is 42.6 Å². The second-order valence-corrected chi connectivity index (χ2v) is 8.34. The lowest BCUT2D eigenvalue weighted by Crippen LogP contribution is -2.51. The van der Waals surface area contributed by atoms with Gasteiger partial charge >= 0.3 is 0 Å². The fourth-order valence-corrected chi connectivity index (χ4v) is 4.47. The molecule has 2 aromatic rings. The molecule has 28 heavy (non-hydrogen) atoms. The van der Waals surface area contributed by atoms with Crippen LogP contribution in [0.3, 0.4) is 0 Å². The van der Waals surface area contributed by atoms with E-state index in [1.54, 1.807) is 6.20 Å². The van der Waals surface area contributed by atoms with Crippen LogP contribution in [0.15, 0.2) is 36.9 Å². The van der Waals surface area contributed by atoms with E-state index in [1.807, 2.05) is 31.6 Å². The number of aryl methyl sites for hydroxylation is 1. The van der Waals surface area contributed by atoms with Crippen molar-refractivity contribution in [2.75, 3.05) is 26.2 Å². The fraction of sp³-hybridized carbons (Fsp3) is 0.545. The van der Waals surface area contributed by atoms with Crippen LogP contribution < -0.4 is 0 Å². The number of rotatable bonds is 5. The second-order valence-electron chi connectivity index (χ2n) is 8.34. The first-order valence-electron chi connectivity index (χ1n) is 10.3. The maximum Gasteiger partial charge on any atom is 0.222 e. The molecule has 2 fully saturated rings. The first-order valence-corrected chi connectivity index (χ1v) is 10.3. The highest BCUT2D eigenvalue weighted by Crippen LogP contribution is 2.40. The molecule has 1 amide bonds. The number of carbonyl (C=O) groups excluding carboxylic acids is 1. The van der Waals surface area contributed by atoms with Crippen molar-refractivity contribution in [3.8, 4) is 0 Å². The molecule has 1 spiro atoms. The van der Waals surface area contributed by atoms with Gasteiger partial charge in [-0.2, -0.15) is 0 Å². The van der Waals surface area contributed by atoms with Crippen molar-refractivity contribution in [1.82, 2.24) is 24.8 Å². The molecule has 6 heteroatoms. The second kappa shape index (κ2) is 8.35. The molecule has 0 aliphatic carbocycles. The fourth-order valence-electron chi connectivity index (χ4n) is 4.47. The summed E-state index contributed by atoms with van der Waals surface area (Å²) in [7, 11) is 0. The molecule has 4 heterocycles. The minimum Gasteiger partial charge on any atom is -0.342 e. The van der Waals surface area contributed by atoms with Gasteiger partial charge in [-0.1, -0.05) is 6.07 Å². The number of hydrogen-bond acceptors (Lipinski definition) is 5. The molecule has 0 bridgehead atoms. The Kier molecular flexibility index (Phi) is 5.67. The molecular formula is C22H29N5O. The van der Waals surface area contributed by atoms with Crippen LogP contribution >= 0.6 is 0 Å². The van der Waals surface area contributed by atoms with Crippen molar-refractivity contribution in [2.45, 2.75) is 45.6 Å². The van der Waals surface area contributed by atoms with E-state index >= 15 is 0 Å². The van der Waals surface area contributed by atoms with Gasteiger partial charge in [0.15, 0.2) is 0 Å². The van der Waals surface area contributed by atoms with E-state index in [0.29, 0.717) is 17.7 Å². The minimum absolute atomic E-state index is 0.295. The lowest BCUT2D eigenvalue weighted by atomic mass is 9.72. The molecule has 2 aliphatic heterocycles. The Morgan fingerprint density at radius 3 is 2.57 bits per heavy atom. The molecule has 0 unspecified atom stereocenters. The Hall–Kier alpha value is -2.34. The summed E-state index contributed by atoms with van der Waals surface area (Å²) in [5.74, 6) is 1.13. The van der Waals surface area contributed by atoms with Gasteiger partial charge in [-0.05, 0) is 62.7 Å². The molecule has 0 atom stereocenters. The molecule has 2 aliphatic rings. The van der Waals surface area contributed by atoms with Gasteiger partial charge in [-0.25, -0.2) is 9.97 Å². The summed E-state index contributed by atoms with van der Waals surface area (Å²) in [4.78, 5) is 29.8. The van der Waals surface area contributed by atoms with E-state index < -0.39 is 0 Å². The molecule has 2 saturated heterocycles. The Morgan fingerprint density at radius 1 is 1.07 bits per heavy atom. The van der Waals surface area contributed by atoms with E-state index in [2.05, 4.69) is 30.8 Å². The average Bonchev–Trinajstić information content (AvgIpc) is 2.73. The van der Waals surface area contributed by atoms with Crippen LogP contribution in [0.25, 0.3) is 0 Å². The largest absolute Gasteiger partial charge is 0.342 e. The SMILES string of the molecule is Cc1ncc(CN2CCC3(CCC(=O)N(CCc4cccnc4)C3)CC2)cn1. The minimum atomic E-state index is 0.295. The van der Waals surface area contributed by atoms with Crippen molar-refractivity contribution < 1.29 is 4.79 Å². The number of piperidine rings is 2. The Bertz CT molecular complexity index is 784. The molecule has 148 valence electrons. The van der Waals surface area contributed by atoms with Gasteiger partial charge in [0.2, 0.25) is 5.91 Å². The Balaban J connectivity index is 1.31. The van der Waals surface area contributed by atoms with E-state index in [4.69, 9.17) is 0 Å². The number of likely N-dealkylation sites (tertiary alicyclic amines) is 2. The number of aromatic nitrogens is 3. The lowest BCUT2D eigenvalue weighted by molar-refractivity contribution is -0.139. The van der Waals surface area contributed by atoms with Crippen LogP contribution in [0.5, 0.6) is 0 Å². The van der Waals surface area contributed by atoms with Crippen molar-refractivity contribution in [3.05, 3.63) is 53.9 Å². The highest BCUT2D eigenvalue weighted by Gasteiger charge is 2.40. The summed E-state index contributed by atoms with van der Waals surface area (Å²) in [6.07, 6.45) is 12.5. The highest BCUT2D eigenvalue weighted by atomic mass is 16.2. The number of hydrogen-bond donors (Lipinski definition) is 0. The van der Waals surface area contributed by atoms with Gasteiger partial charge in [0.1, 0.15) is 5.82 Å². The van der Waals surface area contributed by atoms with Crippen molar-refractivity contribution in [2.24, 2.45) is 5.41 Å². The van der Waals surface area contributed by atoms with Gasteiger partial charge in [-0.3, -0.25) is 14.7 Å². The normalized spacial score (nSPS) is 19.9. The molecule has 0 aromatic carbocycles. The van der Waals surface area contributed by atoms with E-state index in [1.165, 1.54) is 11.1 Å². The van der Waals surface area contributed by atoms with E-state index in [0.717, 1.165) is 64.2 Å². The standard InChI is InChI=1S/C22H29N5O/c1-18-24-14-20(15-25-18)16-26-11-7-22(8-12-26)6-4-21(28)27(17-22)10-5-19-3-2-9-23-13-19/h2-3,9,13-15H,4-8,10-12,16-17H2,1H3. The summed E-state index contributed by atoms with van der Waals surface area (Å²) in [6.45, 7) is 6.71. The van der Waals surface area contributed by atoms with Gasteiger partial charge in [0.25, 0.3) is 0 Å². The van der Waals surface area contributed by atoms with Crippen LogP contribution in [0, 0.1) is 12.3 Å². The third-order valence-electron chi connectivity index (χ3n) is 6.30. The number of nitrogens with zero attached hydrogens (tertiary/aromatic N) is 5. The third kappa shape index (κ3) is 4.55. The van der Waals surface area contributed by atoms with E-state index in [9.17, 15) is 4.79 Å². The molecule has 0 saturated carbocycles. The van der Waals surface area contributed by atoms with Crippen LogP contribution in [0.2, 0.25) is 0 Å². The number of pyridine rings is 1. The molecule has 2 aromatic heterocycles. The molecule has 6 nitrogen and oxygen atoms in total. The maximum atomic E-state index is 12.5. The highest BCUT2D eigenvalue weighted by molar-refractivity contribution is 5.77. The van der Waals surface area contributed by atoms with E-state index in [-0.39, 0.29) is 0 Å². The topological polar surface area (TPSA) is 62.2 Å². The summed E-state index contributed by atoms with van der Waals surface area (Å²) in [5.41, 5.74) is 2.67. The zero-order chi connectivity index (χ0) is 19.4. The summed E-state index contributed by atoms with van der Waals surface area (Å²) >= 11 is 0. The first-order chi connectivity index (χ1) is 13.6. The third-order valence-corrected chi connectivity index (χ3v) is 6.30. The van der Waals surface area contributed by atoms with Crippen molar-refractivity contribution in [3.63, 3.8) is 0 Å². The predicted octanol–water partition coefficient (Wildman–Crippen LogP) is 2.63. The monoisotopic (exact) mass is 379 g/mol. The predicted molar refractivity (Wildman–Crippen MR) is 107 cm³/mol. The van der Waals surface area contributed by atoms with Crippen molar-refractivity contribution >= 4 is 5.91 Å². The molecular weight excluding hydrogens is 350 g/mol. The average molecular weight is 380 g/mol. The van der Waals surface area contributed by atoms with Crippen LogP contribution in [-0.2, 0) is 17.8 Å².